The van der Waals surface area contributed by atoms with Gasteiger partial charge in [0.2, 0.25) is 0 Å². The van der Waals surface area contributed by atoms with Crippen molar-refractivity contribution in [1.82, 2.24) is 24.5 Å². The van der Waals surface area contributed by atoms with Gasteiger partial charge in [0.25, 0.3) is 0 Å². The molecule has 6 aromatic carbocycles. The van der Waals surface area contributed by atoms with Crippen LogP contribution in [0.2, 0.25) is 17.3 Å². The molecule has 4 heterocycles. The van der Waals surface area contributed by atoms with Crippen molar-refractivity contribution in [2.45, 2.75) is 63.2 Å². The molecule has 6 nitrogen and oxygen atoms in total. The minimum Gasteiger partial charge on any atom is 0 e. The van der Waals surface area contributed by atoms with Crippen LogP contribution in [0.1, 0.15) is 64.5 Å². The van der Waals surface area contributed by atoms with Gasteiger partial charge < -0.3 is 8.98 Å². The van der Waals surface area contributed by atoms with Crippen molar-refractivity contribution in [2.24, 2.45) is 0 Å². The van der Waals surface area contributed by atoms with Crippen LogP contribution in [-0.4, -0.2) is 37.8 Å². The molecule has 64 heavy (non-hydrogen) atoms. The molecular formula is C56H51GeIrN5O-2. The van der Waals surface area contributed by atoms with Crippen LogP contribution in [0.15, 0.2) is 163 Å². The van der Waals surface area contributed by atoms with E-state index in [1.165, 1.54) is 22.3 Å². The first-order chi connectivity index (χ1) is 31.3. The zero-order valence-corrected chi connectivity index (χ0v) is 41.6. The first-order valence-electron chi connectivity index (χ1n) is 22.6. The minimum absolute atomic E-state index is 0. The summed E-state index contributed by atoms with van der Waals surface area (Å²) in [7, 11) is 0. The van der Waals surface area contributed by atoms with E-state index >= 15 is 0 Å². The molecule has 0 aliphatic rings. The average molecular weight is 1080 g/mol. The van der Waals surface area contributed by atoms with Crippen molar-refractivity contribution in [3.05, 3.63) is 193 Å². The molecule has 321 valence electrons. The van der Waals surface area contributed by atoms with Gasteiger partial charge in [-0.05, 0) is 52.3 Å². The summed E-state index contributed by atoms with van der Waals surface area (Å²) in [5.74, 6) is 8.08. The molecule has 0 bridgehead atoms. The molecule has 0 unspecified atom stereocenters. The second-order valence-electron chi connectivity index (χ2n) is 17.5. The van der Waals surface area contributed by atoms with Crippen molar-refractivity contribution in [2.75, 3.05) is 0 Å². The fourth-order valence-electron chi connectivity index (χ4n) is 8.22. The maximum atomic E-state index is 8.85. The molecule has 8 heteroatoms. The summed E-state index contributed by atoms with van der Waals surface area (Å²) >= 11 is -2.30. The molecule has 0 saturated carbocycles. The van der Waals surface area contributed by atoms with Crippen LogP contribution in [0.25, 0.3) is 72.6 Å². The Morgan fingerprint density at radius 2 is 1.39 bits per heavy atom. The maximum Gasteiger partial charge on any atom is 0 e. The van der Waals surface area contributed by atoms with Gasteiger partial charge in [0.05, 0.1) is 17.6 Å². The quantitative estimate of drug-likeness (QED) is 0.106. The van der Waals surface area contributed by atoms with Gasteiger partial charge in [0.15, 0.2) is 5.65 Å². The number of benzene rings is 6. The number of imidazole rings is 1. The van der Waals surface area contributed by atoms with E-state index in [-0.39, 0.29) is 31.9 Å². The van der Waals surface area contributed by atoms with Crippen LogP contribution in [0, 0.1) is 12.1 Å². The minimum atomic E-state index is -2.30. The van der Waals surface area contributed by atoms with E-state index < -0.39 is 19.6 Å². The summed E-state index contributed by atoms with van der Waals surface area (Å²) in [6.07, 6.45) is 3.72. The number of rotatable bonds is 9. The summed E-state index contributed by atoms with van der Waals surface area (Å²) in [4.78, 5) is 18.8. The van der Waals surface area contributed by atoms with E-state index in [1.54, 1.807) is 12.5 Å². The molecule has 4 aromatic heterocycles. The molecule has 0 atom stereocenters. The number of aromatic nitrogens is 5. The van der Waals surface area contributed by atoms with E-state index in [4.69, 9.17) is 17.1 Å². The van der Waals surface area contributed by atoms with Crippen LogP contribution < -0.4 is 4.40 Å². The summed E-state index contributed by atoms with van der Waals surface area (Å²) < 4.78 is 27.4. The van der Waals surface area contributed by atoms with Gasteiger partial charge in [0, 0.05) is 31.2 Å². The summed E-state index contributed by atoms with van der Waals surface area (Å²) in [6, 6.07) is 53.1. The number of pyridine rings is 1. The Bertz CT molecular complexity index is 3260. The van der Waals surface area contributed by atoms with Crippen LogP contribution in [0.4, 0.5) is 0 Å². The predicted molar refractivity (Wildman–Crippen MR) is 263 cm³/mol. The third kappa shape index (κ3) is 9.03. The predicted octanol–water partition coefficient (Wildman–Crippen LogP) is 13.8. The monoisotopic (exact) mass is 1080 g/mol. The van der Waals surface area contributed by atoms with Crippen molar-refractivity contribution in [3.8, 4) is 39.5 Å². The van der Waals surface area contributed by atoms with Gasteiger partial charge in [-0.25, -0.2) is 9.97 Å². The third-order valence-electron chi connectivity index (χ3n) is 11.4. The van der Waals surface area contributed by atoms with Crippen LogP contribution >= 0.6 is 0 Å². The van der Waals surface area contributed by atoms with E-state index in [1.807, 2.05) is 91.1 Å². The molecular weight excluding hydrogens is 1020 g/mol. The van der Waals surface area contributed by atoms with E-state index in [2.05, 4.69) is 126 Å². The van der Waals surface area contributed by atoms with E-state index in [0.717, 1.165) is 71.4 Å². The van der Waals surface area contributed by atoms with Crippen molar-refractivity contribution < 1.29 is 27.3 Å². The largest absolute Gasteiger partial charge is 0 e. The molecule has 0 aliphatic carbocycles. The second kappa shape index (κ2) is 19.0. The molecule has 0 saturated heterocycles. The molecule has 1 radical (unpaired) electrons. The Morgan fingerprint density at radius 1 is 0.703 bits per heavy atom. The van der Waals surface area contributed by atoms with Crippen molar-refractivity contribution in [3.63, 3.8) is 0 Å². The standard InChI is InChI=1S/C35H29N4O.C21H22GeN.Ir/c1-21(2)28-17-24(23-11-6-5-7-12-23)18-29(22(3)4)32(28)39-34(38-30-19-36-20-37-35(30)39)27-15-10-14-26-25-13-8-9-16-31(25)40-33(26)27;1-22(2,3)20-16-23-21(18-12-8-5-9-13-18)15-19(20)14-17-10-6-4-7-11-17;/h5-14,16-22H,1-4H3;4-12,15-16H,14H2,1-3H3;/q2*-1;/i;14D2;. The van der Waals surface area contributed by atoms with Gasteiger partial charge in [-0.2, -0.15) is 0 Å². The topological polar surface area (TPSA) is 69.6 Å². The van der Waals surface area contributed by atoms with Gasteiger partial charge >= 0.3 is 144 Å². The number of furan rings is 1. The number of fused-ring (bicyclic) bond motifs is 4. The van der Waals surface area contributed by atoms with E-state index in [9.17, 15) is 0 Å². The molecule has 0 fully saturated rings. The van der Waals surface area contributed by atoms with E-state index in [0.29, 0.717) is 5.56 Å². The molecule has 0 amide bonds. The second-order valence-corrected chi connectivity index (χ2v) is 28.1. The Balaban J connectivity index is 0.000000197. The molecule has 0 N–H and O–H groups in total. The Hall–Kier alpha value is -5.99. The summed E-state index contributed by atoms with van der Waals surface area (Å²) in [5.41, 5.74) is 13.0. The van der Waals surface area contributed by atoms with Gasteiger partial charge in [-0.15, -0.1) is 18.2 Å². The maximum absolute atomic E-state index is 8.85. The molecule has 0 spiro atoms. The number of hydrogen-bond donors (Lipinski definition) is 0. The van der Waals surface area contributed by atoms with Crippen LogP contribution in [0.5, 0.6) is 0 Å². The van der Waals surface area contributed by atoms with Crippen LogP contribution in [-0.2, 0) is 26.5 Å². The zero-order chi connectivity index (χ0) is 45.5. The molecule has 0 aliphatic heterocycles. The van der Waals surface area contributed by atoms with Gasteiger partial charge in [-0.1, -0.05) is 87.2 Å². The first kappa shape index (κ1) is 42.0. The zero-order valence-electron chi connectivity index (χ0n) is 39.1. The number of para-hydroxylation sites is 1. The third-order valence-corrected chi connectivity index (χ3v) is 15.6. The smallest absolute Gasteiger partial charge is 0 e. The Morgan fingerprint density at radius 3 is 2.08 bits per heavy atom. The Kier molecular flexibility index (Phi) is 12.5. The van der Waals surface area contributed by atoms with Gasteiger partial charge in [-0.3, -0.25) is 4.98 Å². The Labute approximate surface area is 395 Å². The van der Waals surface area contributed by atoms with Gasteiger partial charge in [0.1, 0.15) is 17.4 Å². The fourth-order valence-corrected chi connectivity index (χ4v) is 11.1. The SMILES string of the molecule is CC(C)c1cc(-c2ccccc2)cc(C(C)C)c1-n1c(-c2[c-]ccc3c2oc2ccccc23)nc2cncnc21.[2H]C([2H])(c1ccccc1)c1cc(-c2[c-]cccc2)nc[c]1[Ge]([CH3])([CH3])[CH3].[Ir]. The number of nitrogens with zero attached hydrogens (tertiary/aromatic N) is 5. The number of hydrogen-bond acceptors (Lipinski definition) is 5. The average Bonchev–Trinajstić information content (AvgIpc) is 3.90. The summed E-state index contributed by atoms with van der Waals surface area (Å²) in [6.45, 7) is 8.99. The molecule has 10 aromatic rings. The summed E-state index contributed by atoms with van der Waals surface area (Å²) in [5, 5.41) is 2.12. The van der Waals surface area contributed by atoms with Crippen LogP contribution in [0.3, 0.4) is 0 Å². The fraction of sp³-hybridized carbons (Fsp3) is 0.179. The molecule has 10 rings (SSSR count). The van der Waals surface area contributed by atoms with Crippen molar-refractivity contribution >= 4 is 50.8 Å². The van der Waals surface area contributed by atoms with Crippen molar-refractivity contribution in [1.29, 1.82) is 0 Å². The normalized spacial score (nSPS) is 12.3. The first-order valence-corrected chi connectivity index (χ1v) is 28.9.